The predicted octanol–water partition coefficient (Wildman–Crippen LogP) is 0.691. The van der Waals surface area contributed by atoms with E-state index >= 15 is 0 Å². The maximum atomic E-state index is 9.25. The number of rotatable bonds is 5. The summed E-state index contributed by atoms with van der Waals surface area (Å²) in [6.45, 7) is 7.02. The first-order valence-electron chi connectivity index (χ1n) is 8.82. The monoisotopic (exact) mass is 319 g/mol. The molecule has 0 unspecified atom stereocenters. The summed E-state index contributed by atoms with van der Waals surface area (Å²) in [5.41, 5.74) is 0. The number of aliphatic hydroxyl groups excluding tert-OH is 1. The van der Waals surface area contributed by atoms with Crippen molar-refractivity contribution in [1.82, 2.24) is 19.8 Å². The molecule has 128 valence electrons. The SMILES string of the molecule is CN1CCN([C@H]2CCN(c3cnccn3)C[C@H]2CCCO)CC1. The maximum Gasteiger partial charge on any atom is 0.147 e. The van der Waals surface area contributed by atoms with Gasteiger partial charge in [-0.15, -0.1) is 0 Å². The van der Waals surface area contributed by atoms with Crippen LogP contribution in [0.4, 0.5) is 5.82 Å². The molecule has 2 fully saturated rings. The summed E-state index contributed by atoms with van der Waals surface area (Å²) >= 11 is 0. The molecule has 3 rings (SSSR count). The molecule has 23 heavy (non-hydrogen) atoms. The van der Waals surface area contributed by atoms with Crippen LogP contribution in [0.2, 0.25) is 0 Å². The number of nitrogens with zero attached hydrogens (tertiary/aromatic N) is 5. The molecule has 6 nitrogen and oxygen atoms in total. The lowest BCUT2D eigenvalue weighted by atomic mass is 9.86. The van der Waals surface area contributed by atoms with Crippen LogP contribution in [0.5, 0.6) is 0 Å². The van der Waals surface area contributed by atoms with Gasteiger partial charge in [-0.25, -0.2) is 4.98 Å². The molecule has 0 amide bonds. The average Bonchev–Trinajstić information content (AvgIpc) is 2.61. The molecule has 0 aromatic carbocycles. The Morgan fingerprint density at radius 1 is 1.17 bits per heavy atom. The molecular formula is C17H29N5O. The molecule has 1 aromatic rings. The van der Waals surface area contributed by atoms with E-state index in [1.165, 1.54) is 19.5 Å². The maximum absolute atomic E-state index is 9.25. The van der Waals surface area contributed by atoms with Crippen molar-refractivity contribution in [3.63, 3.8) is 0 Å². The van der Waals surface area contributed by atoms with Crippen molar-refractivity contribution in [2.45, 2.75) is 25.3 Å². The fraction of sp³-hybridized carbons (Fsp3) is 0.765. The van der Waals surface area contributed by atoms with E-state index in [1.807, 2.05) is 6.20 Å². The fourth-order valence-corrected chi connectivity index (χ4v) is 3.95. The van der Waals surface area contributed by atoms with Gasteiger partial charge >= 0.3 is 0 Å². The number of hydrogen-bond donors (Lipinski definition) is 1. The number of aromatic nitrogens is 2. The van der Waals surface area contributed by atoms with Crippen LogP contribution in [0.1, 0.15) is 19.3 Å². The van der Waals surface area contributed by atoms with E-state index in [0.29, 0.717) is 12.0 Å². The van der Waals surface area contributed by atoms with Gasteiger partial charge in [0.25, 0.3) is 0 Å². The lowest BCUT2D eigenvalue weighted by Gasteiger charge is -2.46. The van der Waals surface area contributed by atoms with Crippen LogP contribution in [-0.4, -0.2) is 83.8 Å². The molecule has 0 spiro atoms. The molecule has 1 N–H and O–H groups in total. The van der Waals surface area contributed by atoms with Crippen LogP contribution in [0.3, 0.4) is 0 Å². The molecule has 1 aromatic heterocycles. The Labute approximate surface area is 139 Å². The van der Waals surface area contributed by atoms with E-state index in [0.717, 1.165) is 44.8 Å². The molecule has 2 saturated heterocycles. The molecule has 0 bridgehead atoms. The summed E-state index contributed by atoms with van der Waals surface area (Å²) in [4.78, 5) is 16.1. The Morgan fingerprint density at radius 3 is 2.70 bits per heavy atom. The normalized spacial score (nSPS) is 27.3. The van der Waals surface area contributed by atoms with Gasteiger partial charge in [-0.05, 0) is 32.2 Å². The van der Waals surface area contributed by atoms with Crippen molar-refractivity contribution in [2.24, 2.45) is 5.92 Å². The molecule has 2 aliphatic heterocycles. The third-order valence-electron chi connectivity index (χ3n) is 5.31. The summed E-state index contributed by atoms with van der Waals surface area (Å²) in [5.74, 6) is 1.58. The van der Waals surface area contributed by atoms with E-state index < -0.39 is 0 Å². The highest BCUT2D eigenvalue weighted by molar-refractivity contribution is 5.36. The number of anilines is 1. The second-order valence-corrected chi connectivity index (χ2v) is 6.83. The minimum atomic E-state index is 0.289. The Morgan fingerprint density at radius 2 is 2.00 bits per heavy atom. The molecule has 6 heteroatoms. The number of piperidine rings is 1. The van der Waals surface area contributed by atoms with Crippen LogP contribution < -0.4 is 4.90 Å². The number of aliphatic hydroxyl groups is 1. The number of piperazine rings is 1. The summed E-state index contributed by atoms with van der Waals surface area (Å²) in [5, 5.41) is 9.25. The highest BCUT2D eigenvalue weighted by Gasteiger charge is 2.34. The Kier molecular flexibility index (Phi) is 5.80. The minimum absolute atomic E-state index is 0.289. The molecule has 3 heterocycles. The summed E-state index contributed by atoms with van der Waals surface area (Å²) < 4.78 is 0. The standard InChI is InChI=1S/C17H29N5O/c1-20-8-10-21(11-9-20)16-4-7-22(14-15(16)3-2-12-23)17-13-18-5-6-19-17/h5-6,13,15-16,23H,2-4,7-12,14H2,1H3/t15-,16+/m1/s1. The third-order valence-corrected chi connectivity index (χ3v) is 5.31. The van der Waals surface area contributed by atoms with Crippen LogP contribution in [-0.2, 0) is 0 Å². The van der Waals surface area contributed by atoms with Gasteiger partial charge in [0, 0.05) is 64.3 Å². The number of hydrogen-bond acceptors (Lipinski definition) is 6. The Balaban J connectivity index is 1.66. The van der Waals surface area contributed by atoms with E-state index in [9.17, 15) is 5.11 Å². The zero-order valence-electron chi connectivity index (χ0n) is 14.1. The van der Waals surface area contributed by atoms with E-state index in [4.69, 9.17) is 0 Å². The van der Waals surface area contributed by atoms with Crippen molar-refractivity contribution < 1.29 is 5.11 Å². The average molecular weight is 319 g/mol. The van der Waals surface area contributed by atoms with Gasteiger partial charge in [0.15, 0.2) is 0 Å². The van der Waals surface area contributed by atoms with Crippen molar-refractivity contribution in [3.8, 4) is 0 Å². The van der Waals surface area contributed by atoms with Crippen molar-refractivity contribution in [2.75, 3.05) is 57.8 Å². The van der Waals surface area contributed by atoms with Gasteiger partial charge in [0.05, 0.1) is 6.20 Å². The Bertz CT molecular complexity index is 463. The third kappa shape index (κ3) is 4.19. The minimum Gasteiger partial charge on any atom is -0.396 e. The van der Waals surface area contributed by atoms with E-state index in [-0.39, 0.29) is 6.61 Å². The molecular weight excluding hydrogens is 290 g/mol. The zero-order chi connectivity index (χ0) is 16.1. The second kappa shape index (κ2) is 8.04. The van der Waals surface area contributed by atoms with Crippen molar-refractivity contribution in [1.29, 1.82) is 0 Å². The molecule has 0 radical (unpaired) electrons. The Hall–Kier alpha value is -1.24. The summed E-state index contributed by atoms with van der Waals surface area (Å²) in [7, 11) is 2.21. The van der Waals surface area contributed by atoms with Crippen LogP contribution in [0, 0.1) is 5.92 Å². The van der Waals surface area contributed by atoms with Gasteiger partial charge in [0.2, 0.25) is 0 Å². The van der Waals surface area contributed by atoms with Gasteiger partial charge in [0.1, 0.15) is 5.82 Å². The quantitative estimate of drug-likeness (QED) is 0.862. The van der Waals surface area contributed by atoms with E-state index in [2.05, 4.69) is 31.7 Å². The lowest BCUT2D eigenvalue weighted by molar-refractivity contribution is 0.0637. The lowest BCUT2D eigenvalue weighted by Crippen LogP contribution is -2.56. The number of likely N-dealkylation sites (N-methyl/N-ethyl adjacent to an activating group) is 1. The van der Waals surface area contributed by atoms with Gasteiger partial charge < -0.3 is 14.9 Å². The highest BCUT2D eigenvalue weighted by atomic mass is 16.2. The van der Waals surface area contributed by atoms with Gasteiger partial charge in [-0.1, -0.05) is 0 Å². The predicted molar refractivity (Wildman–Crippen MR) is 91.5 cm³/mol. The zero-order valence-corrected chi connectivity index (χ0v) is 14.1. The van der Waals surface area contributed by atoms with Gasteiger partial charge in [-0.2, -0.15) is 0 Å². The second-order valence-electron chi connectivity index (χ2n) is 6.83. The largest absolute Gasteiger partial charge is 0.396 e. The van der Waals surface area contributed by atoms with E-state index in [1.54, 1.807) is 12.4 Å². The first-order valence-corrected chi connectivity index (χ1v) is 8.82. The van der Waals surface area contributed by atoms with Crippen molar-refractivity contribution >= 4 is 5.82 Å². The first-order chi connectivity index (χ1) is 11.3. The summed E-state index contributed by atoms with van der Waals surface area (Å²) in [6, 6.07) is 0.642. The van der Waals surface area contributed by atoms with Crippen LogP contribution in [0.15, 0.2) is 18.6 Å². The molecule has 0 aliphatic carbocycles. The van der Waals surface area contributed by atoms with Crippen LogP contribution >= 0.6 is 0 Å². The fourth-order valence-electron chi connectivity index (χ4n) is 3.95. The van der Waals surface area contributed by atoms with Gasteiger partial charge in [-0.3, -0.25) is 9.88 Å². The molecule has 0 saturated carbocycles. The molecule has 2 atom stereocenters. The van der Waals surface area contributed by atoms with Crippen molar-refractivity contribution in [3.05, 3.63) is 18.6 Å². The topological polar surface area (TPSA) is 55.7 Å². The smallest absolute Gasteiger partial charge is 0.147 e. The summed E-state index contributed by atoms with van der Waals surface area (Å²) in [6.07, 6.45) is 8.51. The molecule has 2 aliphatic rings. The van der Waals surface area contributed by atoms with Crippen LogP contribution in [0.25, 0.3) is 0 Å². The first kappa shape index (κ1) is 16.6. The highest BCUT2D eigenvalue weighted by Crippen LogP contribution is 2.29.